The molecule has 0 saturated carbocycles. The molecule has 0 aliphatic rings. The molecule has 0 unspecified atom stereocenters. The molecule has 0 heterocycles. The van der Waals surface area contributed by atoms with Crippen LogP contribution in [0.1, 0.15) is 0 Å². The summed E-state index contributed by atoms with van der Waals surface area (Å²) >= 11 is 3.03. The van der Waals surface area contributed by atoms with E-state index in [9.17, 15) is 0 Å². The van der Waals surface area contributed by atoms with Crippen LogP contribution in [-0.2, 0) is 10.4 Å². The summed E-state index contributed by atoms with van der Waals surface area (Å²) in [5.41, 5.74) is 0. The van der Waals surface area contributed by atoms with Gasteiger partial charge in [0.05, 0.1) is 0 Å². The monoisotopic (exact) mass is 147 g/mol. The maximum Gasteiger partial charge on any atom is 0.394 e. The fraction of sp³-hybridized carbons (Fsp3) is 0. The molecule has 0 aliphatic carbocycles. The van der Waals surface area contributed by atoms with Crippen LogP contribution >= 0.6 is 12.8 Å². The molecular weight excluding hydrogens is 142 g/mol. The lowest BCUT2D eigenvalue weighted by atomic mass is 14.0. The molecule has 0 aromatic rings. The number of hydrogen-bond donors (Lipinski definition) is 4. The minimum absolute atomic E-state index is 3.03. The zero-order valence-electron chi connectivity index (χ0n) is 3.14. The third kappa shape index (κ3) is 3330. The second-order valence-corrected chi connectivity index (χ2v) is 1.34. The largest absolute Gasteiger partial charge is 0.394 e. The van der Waals surface area contributed by atoms with Crippen LogP contribution in [0.2, 0.25) is 0 Å². The SMILES string of the molecule is NS.O=S(=O)(O)O. The van der Waals surface area contributed by atoms with Gasteiger partial charge in [-0.1, -0.05) is 0 Å². The summed E-state index contributed by atoms with van der Waals surface area (Å²) in [5, 5.41) is 4.19. The van der Waals surface area contributed by atoms with E-state index in [0.717, 1.165) is 0 Å². The van der Waals surface area contributed by atoms with E-state index in [0.29, 0.717) is 0 Å². The molecule has 0 aromatic carbocycles. The Morgan fingerprint density at radius 3 is 1.29 bits per heavy atom. The molecule has 46 valence electrons. The molecule has 4 N–H and O–H groups in total. The van der Waals surface area contributed by atoms with Gasteiger partial charge in [0.15, 0.2) is 0 Å². The highest BCUT2D eigenvalue weighted by molar-refractivity contribution is 7.79. The molecule has 0 bridgehead atoms. The molecule has 0 spiro atoms. The van der Waals surface area contributed by atoms with Crippen molar-refractivity contribution in [1.29, 1.82) is 0 Å². The molecule has 7 heteroatoms. The average molecular weight is 147 g/mol. The maximum atomic E-state index is 8.74. The lowest BCUT2D eigenvalue weighted by Gasteiger charge is -1.68. The molecule has 0 fully saturated rings. The van der Waals surface area contributed by atoms with Crippen LogP contribution in [0.3, 0.4) is 0 Å². The van der Waals surface area contributed by atoms with Crippen molar-refractivity contribution in [3.8, 4) is 0 Å². The van der Waals surface area contributed by atoms with E-state index in [1.807, 2.05) is 0 Å². The third-order valence-electron chi connectivity index (χ3n) is 0. The minimum Gasteiger partial charge on any atom is -0.281 e. The highest BCUT2D eigenvalue weighted by atomic mass is 32.3. The van der Waals surface area contributed by atoms with Crippen LogP contribution in [0.4, 0.5) is 0 Å². The van der Waals surface area contributed by atoms with Crippen molar-refractivity contribution < 1.29 is 17.5 Å². The van der Waals surface area contributed by atoms with Gasteiger partial charge < -0.3 is 0 Å². The highest BCUT2D eigenvalue weighted by Crippen LogP contribution is 1.59. The number of rotatable bonds is 0. The van der Waals surface area contributed by atoms with Gasteiger partial charge in [0, 0.05) is 0 Å². The Kier molecular flexibility index (Phi) is 6.34. The first-order valence-electron chi connectivity index (χ1n) is 0.957. The second-order valence-electron chi connectivity index (χ2n) is 0.448. The van der Waals surface area contributed by atoms with Crippen molar-refractivity contribution >= 4 is 23.2 Å². The maximum absolute atomic E-state index is 8.74. The summed E-state index contributed by atoms with van der Waals surface area (Å²) in [6.07, 6.45) is 0. The van der Waals surface area contributed by atoms with Crippen molar-refractivity contribution in [3.05, 3.63) is 0 Å². The molecule has 0 radical (unpaired) electrons. The smallest absolute Gasteiger partial charge is 0.281 e. The first-order valence-corrected chi connectivity index (χ1v) is 2.87. The Hall–Kier alpha value is 0.180. The number of hydrogen-bond acceptors (Lipinski definition) is 4. The fourth-order valence-corrected chi connectivity index (χ4v) is 0. The molecular formula is H5NO4S2. The van der Waals surface area contributed by atoms with Crippen molar-refractivity contribution in [3.63, 3.8) is 0 Å². The second kappa shape index (κ2) is 4.34. The van der Waals surface area contributed by atoms with Crippen LogP contribution in [0.25, 0.3) is 0 Å². The predicted molar refractivity (Wildman–Crippen MR) is 27.4 cm³/mol. The summed E-state index contributed by atoms with van der Waals surface area (Å²) in [4.78, 5) is 0. The quantitative estimate of drug-likeness (QED) is 0.264. The van der Waals surface area contributed by atoms with E-state index in [1.165, 1.54) is 0 Å². The average Bonchev–Trinajstić information content (AvgIpc) is 1.36. The Labute approximate surface area is 46.6 Å². The summed E-state index contributed by atoms with van der Waals surface area (Å²) in [5.74, 6) is 0. The van der Waals surface area contributed by atoms with Crippen LogP contribution in [0.5, 0.6) is 0 Å². The van der Waals surface area contributed by atoms with E-state index < -0.39 is 10.4 Å². The zero-order valence-corrected chi connectivity index (χ0v) is 4.85. The fourth-order valence-electron chi connectivity index (χ4n) is 0. The van der Waals surface area contributed by atoms with Crippen LogP contribution in [-0.4, -0.2) is 17.5 Å². The minimum atomic E-state index is -4.67. The molecule has 7 heavy (non-hydrogen) atoms. The topological polar surface area (TPSA) is 101 Å². The van der Waals surface area contributed by atoms with Gasteiger partial charge in [-0.2, -0.15) is 8.42 Å². The van der Waals surface area contributed by atoms with E-state index >= 15 is 0 Å². The Balaban J connectivity index is 0. The van der Waals surface area contributed by atoms with Gasteiger partial charge in [-0.25, -0.2) is 0 Å². The van der Waals surface area contributed by atoms with Crippen LogP contribution in [0, 0.1) is 0 Å². The standard InChI is InChI=1S/H3NS.H2O4S/c1-2;1-5(2,3)4/h2H,1H2;(H2,1,2,3,4). The van der Waals surface area contributed by atoms with Gasteiger partial charge in [-0.3, -0.25) is 14.2 Å². The number of thiol groups is 1. The van der Waals surface area contributed by atoms with E-state index in [4.69, 9.17) is 17.5 Å². The Bertz CT molecular complexity index is 92.9. The van der Waals surface area contributed by atoms with Gasteiger partial charge >= 0.3 is 10.4 Å². The summed E-state index contributed by atoms with van der Waals surface area (Å²) < 4.78 is 31.6. The molecule has 0 aliphatic heterocycles. The molecule has 0 atom stereocenters. The first-order chi connectivity index (χ1) is 3.00. The number of nitrogens with two attached hydrogens (primary N) is 1. The van der Waals surface area contributed by atoms with E-state index in [2.05, 4.69) is 18.0 Å². The molecule has 0 amide bonds. The lowest BCUT2D eigenvalue weighted by molar-refractivity contribution is 0.381. The molecule has 5 nitrogen and oxygen atoms in total. The van der Waals surface area contributed by atoms with Gasteiger partial charge in [0.2, 0.25) is 0 Å². The molecule has 0 rings (SSSR count). The van der Waals surface area contributed by atoms with Crippen LogP contribution < -0.4 is 5.14 Å². The van der Waals surface area contributed by atoms with Crippen molar-refractivity contribution in [2.45, 2.75) is 0 Å². The van der Waals surface area contributed by atoms with Crippen LogP contribution in [0.15, 0.2) is 0 Å². The summed E-state index contributed by atoms with van der Waals surface area (Å²) in [6, 6.07) is 0. The predicted octanol–water partition coefficient (Wildman–Crippen LogP) is -0.863. The Morgan fingerprint density at radius 1 is 1.29 bits per heavy atom. The molecule has 0 aromatic heterocycles. The normalized spacial score (nSPS) is 9.14. The third-order valence-corrected chi connectivity index (χ3v) is 0. The van der Waals surface area contributed by atoms with Crippen molar-refractivity contribution in [1.82, 2.24) is 0 Å². The van der Waals surface area contributed by atoms with Crippen molar-refractivity contribution in [2.75, 3.05) is 0 Å². The first kappa shape index (κ1) is 10.2. The zero-order chi connectivity index (χ0) is 6.50. The molecule has 0 saturated heterocycles. The highest BCUT2D eigenvalue weighted by Gasteiger charge is 1.84. The van der Waals surface area contributed by atoms with Gasteiger partial charge in [0.1, 0.15) is 0 Å². The summed E-state index contributed by atoms with van der Waals surface area (Å²) in [7, 11) is -4.67. The summed E-state index contributed by atoms with van der Waals surface area (Å²) in [6.45, 7) is 0. The van der Waals surface area contributed by atoms with Gasteiger partial charge in [-0.15, -0.1) is 12.8 Å². The van der Waals surface area contributed by atoms with Gasteiger partial charge in [0.25, 0.3) is 0 Å². The van der Waals surface area contributed by atoms with Gasteiger partial charge in [-0.05, 0) is 0 Å². The Morgan fingerprint density at radius 2 is 1.29 bits per heavy atom. The lowest BCUT2D eigenvalue weighted by Crippen LogP contribution is -1.89. The van der Waals surface area contributed by atoms with E-state index in [-0.39, 0.29) is 0 Å². The van der Waals surface area contributed by atoms with Crippen molar-refractivity contribution in [2.24, 2.45) is 5.14 Å². The van der Waals surface area contributed by atoms with E-state index in [1.54, 1.807) is 0 Å².